The summed E-state index contributed by atoms with van der Waals surface area (Å²) in [5, 5.41) is 11.1. The van der Waals surface area contributed by atoms with Gasteiger partial charge < -0.3 is 10.2 Å². The Morgan fingerprint density at radius 1 is 1.91 bits per heavy atom. The van der Waals surface area contributed by atoms with Crippen LogP contribution in [-0.2, 0) is 0 Å². The first-order chi connectivity index (χ1) is 5.27. The van der Waals surface area contributed by atoms with Gasteiger partial charge in [-0.25, -0.2) is 4.79 Å². The van der Waals surface area contributed by atoms with Crippen molar-refractivity contribution in [2.24, 2.45) is 0 Å². The Morgan fingerprint density at radius 2 is 2.64 bits per heavy atom. The quantitative estimate of drug-likeness (QED) is 0.580. The molecule has 0 bridgehead atoms. The predicted octanol–water partition coefficient (Wildman–Crippen LogP) is 0.314. The maximum Gasteiger partial charge on any atom is 0.318 e. The van der Waals surface area contributed by atoms with Crippen LogP contribution < -0.4 is 5.32 Å². The van der Waals surface area contributed by atoms with E-state index < -0.39 is 0 Å². The van der Waals surface area contributed by atoms with Crippen LogP contribution in [0.15, 0.2) is 0 Å². The molecule has 4 nitrogen and oxygen atoms in total. The number of carbonyl (C=O) groups excluding carboxylic acids is 1. The van der Waals surface area contributed by atoms with Gasteiger partial charge in [0.1, 0.15) is 6.54 Å². The van der Waals surface area contributed by atoms with Crippen molar-refractivity contribution in [1.29, 1.82) is 5.26 Å². The monoisotopic (exact) mass is 153 g/mol. The summed E-state index contributed by atoms with van der Waals surface area (Å²) in [4.78, 5) is 12.5. The normalized spacial score (nSPS) is 23.1. The van der Waals surface area contributed by atoms with Crippen molar-refractivity contribution in [1.82, 2.24) is 10.2 Å². The lowest BCUT2D eigenvalue weighted by Crippen LogP contribution is -2.28. The topological polar surface area (TPSA) is 56.1 Å². The third-order valence-corrected chi connectivity index (χ3v) is 1.81. The first-order valence-electron chi connectivity index (χ1n) is 3.70. The number of amides is 2. The van der Waals surface area contributed by atoms with E-state index in [2.05, 4.69) is 5.32 Å². The highest BCUT2D eigenvalue weighted by atomic mass is 16.2. The Labute approximate surface area is 65.8 Å². The van der Waals surface area contributed by atoms with Crippen molar-refractivity contribution < 1.29 is 4.79 Å². The van der Waals surface area contributed by atoms with E-state index in [1.54, 1.807) is 0 Å². The lowest BCUT2D eigenvalue weighted by molar-refractivity contribution is 0.222. The fraction of sp³-hybridized carbons (Fsp3) is 0.714. The molecule has 0 saturated carbocycles. The molecular weight excluding hydrogens is 142 g/mol. The van der Waals surface area contributed by atoms with Crippen LogP contribution in [0.4, 0.5) is 4.79 Å². The molecule has 4 heteroatoms. The molecule has 1 N–H and O–H groups in total. The number of nitrogens with one attached hydrogen (secondary N) is 1. The lowest BCUT2D eigenvalue weighted by atomic mass is 10.2. The Bertz CT molecular complexity index is 196. The summed E-state index contributed by atoms with van der Waals surface area (Å²) >= 11 is 0. The molecule has 0 spiro atoms. The van der Waals surface area contributed by atoms with Crippen LogP contribution in [-0.4, -0.2) is 30.1 Å². The molecule has 1 fully saturated rings. The highest BCUT2D eigenvalue weighted by Gasteiger charge is 2.26. The van der Waals surface area contributed by atoms with E-state index in [4.69, 9.17) is 5.26 Å². The molecule has 11 heavy (non-hydrogen) atoms. The fourth-order valence-electron chi connectivity index (χ4n) is 1.11. The smallest absolute Gasteiger partial charge is 0.318 e. The molecule has 1 atom stereocenters. The van der Waals surface area contributed by atoms with Gasteiger partial charge in [-0.05, 0) is 6.42 Å². The highest BCUT2D eigenvalue weighted by molar-refractivity contribution is 5.77. The highest BCUT2D eigenvalue weighted by Crippen LogP contribution is 2.05. The second-order valence-electron chi connectivity index (χ2n) is 2.59. The average Bonchev–Trinajstić information content (AvgIpc) is 2.33. The summed E-state index contributed by atoms with van der Waals surface area (Å²) in [7, 11) is 0. The van der Waals surface area contributed by atoms with E-state index >= 15 is 0 Å². The first kappa shape index (κ1) is 7.86. The third kappa shape index (κ3) is 1.61. The largest absolute Gasteiger partial charge is 0.333 e. The third-order valence-electron chi connectivity index (χ3n) is 1.81. The summed E-state index contributed by atoms with van der Waals surface area (Å²) in [5.41, 5.74) is 0. The molecule has 0 aromatic heterocycles. The zero-order valence-corrected chi connectivity index (χ0v) is 6.50. The maximum atomic E-state index is 11.0. The van der Waals surface area contributed by atoms with E-state index in [1.807, 2.05) is 13.0 Å². The summed E-state index contributed by atoms with van der Waals surface area (Å²) in [5.74, 6) is 0. The standard InChI is InChI=1S/C7H11N3O/c1-2-6-5-10(4-3-8)7(11)9-6/h6H,2,4-5H2,1H3,(H,9,11). The number of nitriles is 1. The second-order valence-corrected chi connectivity index (χ2v) is 2.59. The van der Waals surface area contributed by atoms with E-state index in [9.17, 15) is 4.79 Å². The zero-order chi connectivity index (χ0) is 8.27. The van der Waals surface area contributed by atoms with Gasteiger partial charge in [0, 0.05) is 12.6 Å². The molecule has 0 radical (unpaired) electrons. The Kier molecular flexibility index (Phi) is 2.32. The molecule has 0 aromatic rings. The minimum absolute atomic E-state index is 0.113. The van der Waals surface area contributed by atoms with Gasteiger partial charge in [0.2, 0.25) is 0 Å². The molecule has 60 valence electrons. The minimum Gasteiger partial charge on any atom is -0.333 e. The zero-order valence-electron chi connectivity index (χ0n) is 6.50. The van der Waals surface area contributed by atoms with Crippen LogP contribution >= 0.6 is 0 Å². The summed E-state index contributed by atoms with van der Waals surface area (Å²) in [6, 6.07) is 2.07. The molecule has 2 amide bonds. The summed E-state index contributed by atoms with van der Waals surface area (Å²) < 4.78 is 0. The molecule has 1 aliphatic heterocycles. The predicted molar refractivity (Wildman–Crippen MR) is 39.8 cm³/mol. The molecule has 0 aromatic carbocycles. The van der Waals surface area contributed by atoms with E-state index in [1.165, 1.54) is 4.90 Å². The van der Waals surface area contributed by atoms with E-state index in [-0.39, 0.29) is 18.6 Å². The van der Waals surface area contributed by atoms with E-state index in [0.717, 1.165) is 6.42 Å². The van der Waals surface area contributed by atoms with Crippen LogP contribution in [0.5, 0.6) is 0 Å². The number of nitrogens with zero attached hydrogens (tertiary/aromatic N) is 2. The summed E-state index contributed by atoms with van der Waals surface area (Å²) in [6.45, 7) is 2.88. The van der Waals surface area contributed by atoms with Gasteiger partial charge in [-0.3, -0.25) is 0 Å². The maximum absolute atomic E-state index is 11.0. The van der Waals surface area contributed by atoms with Gasteiger partial charge in [-0.2, -0.15) is 5.26 Å². The molecule has 1 heterocycles. The molecule has 1 unspecified atom stereocenters. The van der Waals surface area contributed by atoms with Crippen LogP contribution in [0.2, 0.25) is 0 Å². The Balaban J connectivity index is 2.46. The molecule has 1 rings (SSSR count). The number of urea groups is 1. The number of hydrogen-bond donors (Lipinski definition) is 1. The summed E-state index contributed by atoms with van der Waals surface area (Å²) in [6.07, 6.45) is 0.924. The first-order valence-corrected chi connectivity index (χ1v) is 3.70. The second kappa shape index (κ2) is 3.24. The van der Waals surface area contributed by atoms with Crippen LogP contribution in [0.3, 0.4) is 0 Å². The SMILES string of the molecule is CCC1CN(CC#N)C(=O)N1. The van der Waals surface area contributed by atoms with Crippen molar-refractivity contribution in [2.45, 2.75) is 19.4 Å². The van der Waals surface area contributed by atoms with Crippen molar-refractivity contribution in [3.63, 3.8) is 0 Å². The molecule has 0 aliphatic carbocycles. The van der Waals surface area contributed by atoms with Gasteiger partial charge in [0.15, 0.2) is 0 Å². The van der Waals surface area contributed by atoms with Crippen LogP contribution in [0, 0.1) is 11.3 Å². The van der Waals surface area contributed by atoms with Gasteiger partial charge in [0.25, 0.3) is 0 Å². The minimum atomic E-state index is -0.113. The average molecular weight is 153 g/mol. The number of rotatable bonds is 2. The van der Waals surface area contributed by atoms with E-state index in [0.29, 0.717) is 6.54 Å². The fourth-order valence-corrected chi connectivity index (χ4v) is 1.11. The number of carbonyl (C=O) groups is 1. The van der Waals surface area contributed by atoms with Crippen molar-refractivity contribution >= 4 is 6.03 Å². The Morgan fingerprint density at radius 3 is 3.09 bits per heavy atom. The van der Waals surface area contributed by atoms with Gasteiger partial charge in [-0.15, -0.1) is 0 Å². The number of hydrogen-bond acceptors (Lipinski definition) is 2. The van der Waals surface area contributed by atoms with Gasteiger partial charge in [-0.1, -0.05) is 6.92 Å². The van der Waals surface area contributed by atoms with Gasteiger partial charge in [0.05, 0.1) is 6.07 Å². The van der Waals surface area contributed by atoms with Crippen molar-refractivity contribution in [2.75, 3.05) is 13.1 Å². The van der Waals surface area contributed by atoms with Gasteiger partial charge >= 0.3 is 6.03 Å². The molecule has 1 saturated heterocycles. The van der Waals surface area contributed by atoms with Crippen molar-refractivity contribution in [3.05, 3.63) is 0 Å². The van der Waals surface area contributed by atoms with Crippen LogP contribution in [0.1, 0.15) is 13.3 Å². The molecule has 1 aliphatic rings. The lowest BCUT2D eigenvalue weighted by Gasteiger charge is -2.07. The van der Waals surface area contributed by atoms with Crippen LogP contribution in [0.25, 0.3) is 0 Å². The molecular formula is C7H11N3O. The Hall–Kier alpha value is -1.24. The van der Waals surface area contributed by atoms with Crippen molar-refractivity contribution in [3.8, 4) is 6.07 Å².